The molecule has 1 saturated carbocycles. The van der Waals surface area contributed by atoms with E-state index >= 15 is 0 Å². The van der Waals surface area contributed by atoms with Gasteiger partial charge in [-0.25, -0.2) is 4.79 Å². The fraction of sp³-hybridized carbons (Fsp3) is 0.500. The maximum atomic E-state index is 10.7. The normalized spacial score (nSPS) is 22.5. The van der Waals surface area contributed by atoms with Gasteiger partial charge in [0.25, 0.3) is 0 Å². The van der Waals surface area contributed by atoms with Crippen molar-refractivity contribution in [1.82, 2.24) is 5.32 Å². The Bertz CT molecular complexity index is 396. The molecule has 2 rings (SSSR count). The molecule has 0 amide bonds. The molecule has 1 aliphatic carbocycles. The average molecular weight is 249 g/mol. The van der Waals surface area contributed by atoms with E-state index in [0.29, 0.717) is 17.7 Å². The summed E-state index contributed by atoms with van der Waals surface area (Å²) in [4.78, 5) is 10.7. The number of carboxylic acid groups (broad SMARTS) is 1. The standard InChI is InChI=1S/C14H19NO3/c1-2-18-13-7-12(8-13)15-9-10-3-5-11(6-4-10)14(16)17/h3-6,12-13,15H,2,7-9H2,1H3,(H,16,17). The number of aromatic carboxylic acids is 1. The van der Waals surface area contributed by atoms with Gasteiger partial charge in [-0.3, -0.25) is 0 Å². The van der Waals surface area contributed by atoms with Crippen LogP contribution >= 0.6 is 0 Å². The average Bonchev–Trinajstić information content (AvgIpc) is 2.32. The van der Waals surface area contributed by atoms with E-state index in [-0.39, 0.29) is 0 Å². The Balaban J connectivity index is 1.73. The van der Waals surface area contributed by atoms with Crippen LogP contribution in [-0.2, 0) is 11.3 Å². The Morgan fingerprint density at radius 2 is 2.06 bits per heavy atom. The fourth-order valence-corrected chi connectivity index (χ4v) is 2.13. The first-order chi connectivity index (χ1) is 8.69. The second-order valence-electron chi connectivity index (χ2n) is 4.63. The lowest BCUT2D eigenvalue weighted by molar-refractivity contribution is -0.0102. The molecule has 1 aromatic rings. The van der Waals surface area contributed by atoms with Crippen LogP contribution in [0.4, 0.5) is 0 Å². The topological polar surface area (TPSA) is 58.6 Å². The zero-order valence-corrected chi connectivity index (χ0v) is 10.6. The van der Waals surface area contributed by atoms with E-state index in [1.54, 1.807) is 12.1 Å². The summed E-state index contributed by atoms with van der Waals surface area (Å²) in [5, 5.41) is 12.2. The summed E-state index contributed by atoms with van der Waals surface area (Å²) < 4.78 is 5.50. The van der Waals surface area contributed by atoms with Crippen LogP contribution in [0.3, 0.4) is 0 Å². The van der Waals surface area contributed by atoms with Crippen LogP contribution in [0, 0.1) is 0 Å². The molecule has 0 radical (unpaired) electrons. The molecule has 0 aromatic heterocycles. The number of nitrogens with one attached hydrogen (secondary N) is 1. The zero-order chi connectivity index (χ0) is 13.0. The van der Waals surface area contributed by atoms with Crippen LogP contribution in [0.5, 0.6) is 0 Å². The lowest BCUT2D eigenvalue weighted by Crippen LogP contribution is -2.45. The Labute approximate surface area is 107 Å². The number of carboxylic acids is 1. The molecule has 18 heavy (non-hydrogen) atoms. The smallest absolute Gasteiger partial charge is 0.335 e. The summed E-state index contributed by atoms with van der Waals surface area (Å²) in [5.41, 5.74) is 1.44. The van der Waals surface area contributed by atoms with Gasteiger partial charge in [-0.05, 0) is 37.5 Å². The number of rotatable bonds is 6. The SMILES string of the molecule is CCOC1CC(NCc2ccc(C(=O)O)cc2)C1. The molecule has 0 aliphatic heterocycles. The third-order valence-electron chi connectivity index (χ3n) is 3.29. The van der Waals surface area contributed by atoms with E-state index < -0.39 is 5.97 Å². The Kier molecular flexibility index (Phi) is 4.33. The first-order valence-corrected chi connectivity index (χ1v) is 6.36. The van der Waals surface area contributed by atoms with Crippen molar-refractivity contribution in [3.8, 4) is 0 Å². The lowest BCUT2D eigenvalue weighted by atomic mass is 9.89. The molecule has 4 heteroatoms. The van der Waals surface area contributed by atoms with E-state index in [1.807, 2.05) is 19.1 Å². The minimum Gasteiger partial charge on any atom is -0.478 e. The van der Waals surface area contributed by atoms with Gasteiger partial charge >= 0.3 is 5.97 Å². The van der Waals surface area contributed by atoms with Crippen LogP contribution in [0.1, 0.15) is 35.7 Å². The molecule has 0 spiro atoms. The predicted octanol–water partition coefficient (Wildman–Crippen LogP) is 2.04. The van der Waals surface area contributed by atoms with Crippen molar-refractivity contribution in [2.75, 3.05) is 6.61 Å². The van der Waals surface area contributed by atoms with Crippen molar-refractivity contribution < 1.29 is 14.6 Å². The molecule has 0 atom stereocenters. The largest absolute Gasteiger partial charge is 0.478 e. The summed E-state index contributed by atoms with van der Waals surface area (Å²) in [6.07, 6.45) is 2.56. The summed E-state index contributed by atoms with van der Waals surface area (Å²) >= 11 is 0. The van der Waals surface area contributed by atoms with Crippen molar-refractivity contribution in [3.05, 3.63) is 35.4 Å². The van der Waals surface area contributed by atoms with Gasteiger partial charge in [0, 0.05) is 19.2 Å². The van der Waals surface area contributed by atoms with Crippen molar-refractivity contribution >= 4 is 5.97 Å². The fourth-order valence-electron chi connectivity index (χ4n) is 2.13. The van der Waals surface area contributed by atoms with Gasteiger partial charge in [0.2, 0.25) is 0 Å². The zero-order valence-electron chi connectivity index (χ0n) is 10.6. The summed E-state index contributed by atoms with van der Waals surface area (Å²) in [6, 6.07) is 7.52. The van der Waals surface area contributed by atoms with Crippen LogP contribution in [0.15, 0.2) is 24.3 Å². The molecule has 0 bridgehead atoms. The number of ether oxygens (including phenoxy) is 1. The lowest BCUT2D eigenvalue weighted by Gasteiger charge is -2.35. The van der Waals surface area contributed by atoms with Crippen molar-refractivity contribution in [3.63, 3.8) is 0 Å². The first kappa shape index (κ1) is 13.1. The molecular formula is C14H19NO3. The molecule has 0 saturated heterocycles. The summed E-state index contributed by atoms with van der Waals surface area (Å²) in [5.74, 6) is -0.881. The number of hydrogen-bond acceptors (Lipinski definition) is 3. The van der Waals surface area contributed by atoms with Gasteiger partial charge in [0.05, 0.1) is 11.7 Å². The number of carbonyl (C=O) groups is 1. The molecule has 2 N–H and O–H groups in total. The van der Waals surface area contributed by atoms with Gasteiger partial charge in [-0.1, -0.05) is 12.1 Å². The third kappa shape index (κ3) is 3.31. The van der Waals surface area contributed by atoms with Crippen molar-refractivity contribution in [1.29, 1.82) is 0 Å². The van der Waals surface area contributed by atoms with Gasteiger partial charge in [0.1, 0.15) is 0 Å². The molecule has 0 unspecified atom stereocenters. The Hall–Kier alpha value is -1.39. The number of benzene rings is 1. The molecule has 1 aromatic carbocycles. The predicted molar refractivity (Wildman–Crippen MR) is 68.7 cm³/mol. The van der Waals surface area contributed by atoms with E-state index in [0.717, 1.165) is 31.6 Å². The maximum Gasteiger partial charge on any atom is 0.335 e. The summed E-state index contributed by atoms with van der Waals surface area (Å²) in [7, 11) is 0. The van der Waals surface area contributed by atoms with Gasteiger partial charge in [0.15, 0.2) is 0 Å². The third-order valence-corrected chi connectivity index (χ3v) is 3.29. The minimum absolute atomic E-state index is 0.332. The van der Waals surface area contributed by atoms with Crippen LogP contribution in [0.25, 0.3) is 0 Å². The molecule has 4 nitrogen and oxygen atoms in total. The van der Waals surface area contributed by atoms with Crippen LogP contribution in [0.2, 0.25) is 0 Å². The molecule has 0 heterocycles. The minimum atomic E-state index is -0.881. The summed E-state index contributed by atoms with van der Waals surface area (Å²) in [6.45, 7) is 3.59. The van der Waals surface area contributed by atoms with Gasteiger partial charge in [-0.2, -0.15) is 0 Å². The Morgan fingerprint density at radius 3 is 2.61 bits per heavy atom. The monoisotopic (exact) mass is 249 g/mol. The molecule has 1 aliphatic rings. The second kappa shape index (κ2) is 5.98. The molecule has 98 valence electrons. The van der Waals surface area contributed by atoms with Crippen molar-refractivity contribution in [2.24, 2.45) is 0 Å². The van der Waals surface area contributed by atoms with Crippen LogP contribution < -0.4 is 5.32 Å². The van der Waals surface area contributed by atoms with Crippen molar-refractivity contribution in [2.45, 2.75) is 38.5 Å². The Morgan fingerprint density at radius 1 is 1.39 bits per heavy atom. The number of hydrogen-bond donors (Lipinski definition) is 2. The van der Waals surface area contributed by atoms with E-state index in [1.165, 1.54) is 0 Å². The first-order valence-electron chi connectivity index (χ1n) is 6.36. The quantitative estimate of drug-likeness (QED) is 0.810. The van der Waals surface area contributed by atoms with E-state index in [4.69, 9.17) is 9.84 Å². The van der Waals surface area contributed by atoms with E-state index in [9.17, 15) is 4.79 Å². The van der Waals surface area contributed by atoms with Gasteiger partial charge in [-0.15, -0.1) is 0 Å². The highest BCUT2D eigenvalue weighted by molar-refractivity contribution is 5.87. The molecule has 1 fully saturated rings. The van der Waals surface area contributed by atoms with E-state index in [2.05, 4.69) is 5.32 Å². The molecular weight excluding hydrogens is 230 g/mol. The van der Waals surface area contributed by atoms with Crippen LogP contribution in [-0.4, -0.2) is 29.8 Å². The highest BCUT2D eigenvalue weighted by atomic mass is 16.5. The second-order valence-corrected chi connectivity index (χ2v) is 4.63. The maximum absolute atomic E-state index is 10.7. The highest BCUT2D eigenvalue weighted by Crippen LogP contribution is 2.23. The van der Waals surface area contributed by atoms with Gasteiger partial charge < -0.3 is 15.2 Å². The highest BCUT2D eigenvalue weighted by Gasteiger charge is 2.28.